The molecule has 0 bridgehead atoms. The van der Waals surface area contributed by atoms with Crippen molar-refractivity contribution in [1.29, 1.82) is 0 Å². The van der Waals surface area contributed by atoms with Gasteiger partial charge in [-0.05, 0) is 35.2 Å². The zero-order valence-electron chi connectivity index (χ0n) is 22.9. The molecule has 2 heterocycles. The van der Waals surface area contributed by atoms with Crippen molar-refractivity contribution >= 4 is 39.6 Å². The summed E-state index contributed by atoms with van der Waals surface area (Å²) in [5.41, 5.74) is 3.96. The molecule has 0 saturated carbocycles. The topological polar surface area (TPSA) is 185 Å². The zero-order chi connectivity index (χ0) is 32.1. The van der Waals surface area contributed by atoms with E-state index < -0.39 is 52.1 Å². The number of benzene rings is 3. The average Bonchev–Trinajstić information content (AvgIpc) is 3.52. The second-order valence-corrected chi connectivity index (χ2v) is 11.9. The van der Waals surface area contributed by atoms with Crippen LogP contribution in [0.2, 0.25) is 0 Å². The Kier molecular flexibility index (Phi) is 9.94. The van der Waals surface area contributed by atoms with Crippen LogP contribution in [0.3, 0.4) is 0 Å². The van der Waals surface area contributed by atoms with Gasteiger partial charge in [0.2, 0.25) is 11.8 Å². The molecule has 3 aromatic carbocycles. The van der Waals surface area contributed by atoms with E-state index in [4.69, 9.17) is 9.90 Å². The molecule has 11 nitrogen and oxygen atoms in total. The lowest BCUT2D eigenvalue weighted by Crippen LogP contribution is -2.39. The van der Waals surface area contributed by atoms with Crippen LogP contribution in [0.5, 0.6) is 0 Å². The summed E-state index contributed by atoms with van der Waals surface area (Å²) in [7, 11) is -3.23. The number of nitrogens with one attached hydrogen (secondary N) is 3. The van der Waals surface area contributed by atoms with Crippen LogP contribution in [0.4, 0.5) is 13.2 Å². The maximum Gasteiger partial charge on any atom is 0.490 e. The van der Waals surface area contributed by atoms with Crippen molar-refractivity contribution in [3.05, 3.63) is 101 Å². The van der Waals surface area contributed by atoms with Crippen molar-refractivity contribution in [1.82, 2.24) is 20.0 Å². The highest BCUT2D eigenvalue weighted by atomic mass is 32.3. The van der Waals surface area contributed by atoms with Crippen LogP contribution in [0.1, 0.15) is 40.2 Å². The van der Waals surface area contributed by atoms with Gasteiger partial charge in [0.25, 0.3) is 0 Å². The number of aromatic nitrogens is 2. The number of aromatic amines is 1. The van der Waals surface area contributed by atoms with E-state index in [9.17, 15) is 37.0 Å². The van der Waals surface area contributed by atoms with E-state index in [0.29, 0.717) is 17.8 Å². The predicted octanol–water partition coefficient (Wildman–Crippen LogP) is 4.43. The number of carbonyl (C=O) groups is 3. The minimum Gasteiger partial charge on any atom is -0.475 e. The smallest absolute Gasteiger partial charge is 0.475 e. The quantitative estimate of drug-likeness (QED) is 0.148. The van der Waals surface area contributed by atoms with Gasteiger partial charge < -0.3 is 20.5 Å². The molecule has 7 N–H and O–H groups in total. The lowest BCUT2D eigenvalue weighted by Gasteiger charge is -2.32. The Bertz CT molecular complexity index is 1580. The van der Waals surface area contributed by atoms with Crippen molar-refractivity contribution in [2.24, 2.45) is 0 Å². The number of fused-ring (bicyclic) bond motifs is 1. The molecule has 4 aromatic rings. The van der Waals surface area contributed by atoms with Crippen LogP contribution in [0.25, 0.3) is 11.0 Å². The number of hydrogen-bond donors (Lipinski definition) is 7. The number of nitrogens with zero attached hydrogens (tertiary/aromatic N) is 1. The first kappa shape index (κ1) is 32.5. The Balaban J connectivity index is 0.000000566. The molecule has 0 spiro atoms. The van der Waals surface area contributed by atoms with Gasteiger partial charge in [-0.25, -0.2) is 9.78 Å². The van der Waals surface area contributed by atoms with Crippen molar-refractivity contribution in [2.45, 2.75) is 42.8 Å². The molecule has 2 amide bonds. The third-order valence-electron chi connectivity index (χ3n) is 6.69. The molecule has 1 aliphatic heterocycles. The molecule has 15 heteroatoms. The van der Waals surface area contributed by atoms with Gasteiger partial charge in [0.1, 0.15) is 17.2 Å². The number of aliphatic hydroxyl groups excluding tert-OH is 1. The maximum atomic E-state index is 13.0. The molecule has 1 unspecified atom stereocenters. The molecule has 5 rings (SSSR count). The minimum absolute atomic E-state index is 0.0125. The second kappa shape index (κ2) is 13.5. The number of rotatable bonds is 8. The SMILES string of the molecule is O=C(O)C(F)(F)F.O=C1CC(c2ccc(C[C@H](NC(=O)[C@@H](O)Cc3ccccc3)c3nc4ccccc4[nH]3)cc2)S(O)(O)N1. The van der Waals surface area contributed by atoms with E-state index in [-0.39, 0.29) is 12.8 Å². The first-order valence-corrected chi connectivity index (χ1v) is 14.8. The number of carbonyl (C=O) groups excluding carboxylic acids is 2. The van der Waals surface area contributed by atoms with E-state index in [1.165, 1.54) is 0 Å². The Morgan fingerprint density at radius 3 is 2.11 bits per heavy atom. The average molecular weight is 635 g/mol. The van der Waals surface area contributed by atoms with Gasteiger partial charge in [0.05, 0.1) is 23.5 Å². The van der Waals surface area contributed by atoms with Crippen LogP contribution in [-0.2, 0) is 27.2 Å². The Labute approximate surface area is 250 Å². The number of halogens is 3. The number of H-pyrrole nitrogens is 1. The van der Waals surface area contributed by atoms with Gasteiger partial charge >= 0.3 is 12.1 Å². The predicted molar refractivity (Wildman–Crippen MR) is 155 cm³/mol. The van der Waals surface area contributed by atoms with Gasteiger partial charge in [0.15, 0.2) is 0 Å². The number of carboxylic acids is 1. The standard InChI is InChI=1S/C27H28N4O5S.C2HF3O2/c32-23(15-17-6-2-1-3-7-17)27(34)30-22(26-28-20-8-4-5-9-21(20)29-26)14-18-10-12-19(13-11-18)24-16-25(33)31-37(24,35)36;3-2(4,5)1(6)7/h1-13,22-24,32,35-36H,14-16H2,(H,28,29)(H,30,34)(H,31,33);(H,6,7)/t22-,23-,24?;/m0./s1. The molecule has 1 aliphatic rings. The third-order valence-corrected chi connectivity index (χ3v) is 8.45. The Morgan fingerprint density at radius 2 is 1.55 bits per heavy atom. The molecule has 0 aliphatic carbocycles. The van der Waals surface area contributed by atoms with Crippen LogP contribution in [0, 0.1) is 0 Å². The largest absolute Gasteiger partial charge is 0.490 e. The molecular weight excluding hydrogens is 605 g/mol. The van der Waals surface area contributed by atoms with Crippen LogP contribution in [-0.4, -0.2) is 59.4 Å². The number of para-hydroxylation sites is 2. The summed E-state index contributed by atoms with van der Waals surface area (Å²) >= 11 is 0. The zero-order valence-corrected chi connectivity index (χ0v) is 23.7. The molecular formula is C29H29F3N4O7S. The molecule has 1 saturated heterocycles. The molecule has 1 aromatic heterocycles. The number of aliphatic carboxylic acids is 1. The number of amides is 2. The van der Waals surface area contributed by atoms with Crippen molar-refractivity contribution in [3.8, 4) is 0 Å². The second-order valence-electron chi connectivity index (χ2n) is 9.97. The summed E-state index contributed by atoms with van der Waals surface area (Å²) in [6.07, 6.45) is -5.73. The number of carboxylic acid groups (broad SMARTS) is 1. The van der Waals surface area contributed by atoms with Crippen molar-refractivity contribution in [2.75, 3.05) is 0 Å². The summed E-state index contributed by atoms with van der Waals surface area (Å²) in [5, 5.41) is 19.9. The number of hydrogen-bond acceptors (Lipinski definition) is 7. The van der Waals surface area contributed by atoms with Gasteiger partial charge in [-0.1, -0.05) is 66.7 Å². The minimum atomic E-state index is -5.08. The summed E-state index contributed by atoms with van der Waals surface area (Å²) in [6.45, 7) is 0. The first-order chi connectivity index (χ1) is 20.7. The monoisotopic (exact) mass is 634 g/mol. The van der Waals surface area contributed by atoms with E-state index >= 15 is 0 Å². The van der Waals surface area contributed by atoms with E-state index in [1.54, 1.807) is 12.1 Å². The van der Waals surface area contributed by atoms with E-state index in [0.717, 1.165) is 22.2 Å². The lowest BCUT2D eigenvalue weighted by atomic mass is 10.0. The normalized spacial score (nSPS) is 18.0. The van der Waals surface area contributed by atoms with Crippen molar-refractivity contribution < 1.29 is 46.9 Å². The summed E-state index contributed by atoms with van der Waals surface area (Å²) in [4.78, 5) is 41.5. The summed E-state index contributed by atoms with van der Waals surface area (Å²) < 4.78 is 54.4. The fraction of sp³-hybridized carbons (Fsp3) is 0.241. The molecule has 44 heavy (non-hydrogen) atoms. The molecule has 3 atom stereocenters. The number of aliphatic hydroxyl groups is 1. The highest BCUT2D eigenvalue weighted by Gasteiger charge is 2.39. The van der Waals surface area contributed by atoms with E-state index in [1.807, 2.05) is 66.7 Å². The van der Waals surface area contributed by atoms with Crippen LogP contribution >= 0.6 is 10.8 Å². The summed E-state index contributed by atoms with van der Waals surface area (Å²) in [5.74, 6) is -3.09. The molecule has 234 valence electrons. The lowest BCUT2D eigenvalue weighted by molar-refractivity contribution is -0.192. The fourth-order valence-electron chi connectivity index (χ4n) is 4.53. The van der Waals surface area contributed by atoms with Crippen LogP contribution in [0.15, 0.2) is 78.9 Å². The molecule has 0 radical (unpaired) electrons. The van der Waals surface area contributed by atoms with Gasteiger partial charge in [0, 0.05) is 6.42 Å². The van der Waals surface area contributed by atoms with Crippen LogP contribution < -0.4 is 10.0 Å². The third kappa shape index (κ3) is 8.35. The Hall–Kier alpha value is -4.44. The van der Waals surface area contributed by atoms with E-state index in [2.05, 4.69) is 20.0 Å². The van der Waals surface area contributed by atoms with Crippen molar-refractivity contribution in [3.63, 3.8) is 0 Å². The maximum absolute atomic E-state index is 13.0. The highest BCUT2D eigenvalue weighted by Crippen LogP contribution is 2.56. The number of imidazole rings is 1. The van der Waals surface area contributed by atoms with Gasteiger partial charge in [-0.15, -0.1) is 10.8 Å². The fourth-order valence-corrected chi connectivity index (χ4v) is 6.01. The summed E-state index contributed by atoms with van der Waals surface area (Å²) in [6, 6.07) is 23.5. The number of alkyl halides is 3. The Morgan fingerprint density at radius 1 is 0.955 bits per heavy atom. The van der Waals surface area contributed by atoms with Gasteiger partial charge in [-0.3, -0.25) is 23.4 Å². The molecule has 1 fully saturated rings. The first-order valence-electron chi connectivity index (χ1n) is 13.2. The van der Waals surface area contributed by atoms with Gasteiger partial charge in [-0.2, -0.15) is 13.2 Å². The highest BCUT2D eigenvalue weighted by molar-refractivity contribution is 8.23.